The Morgan fingerprint density at radius 2 is 2.12 bits per heavy atom. The average Bonchev–Trinajstić information content (AvgIpc) is 2.28. The van der Waals surface area contributed by atoms with Crippen LogP contribution in [0.4, 0.5) is 5.69 Å². The van der Waals surface area contributed by atoms with E-state index in [1.54, 1.807) is 12.1 Å². The van der Waals surface area contributed by atoms with Crippen LogP contribution in [0.5, 0.6) is 0 Å². The highest BCUT2D eigenvalue weighted by molar-refractivity contribution is 5.92. The van der Waals surface area contributed by atoms with Crippen molar-refractivity contribution in [1.82, 2.24) is 0 Å². The van der Waals surface area contributed by atoms with Crippen LogP contribution in [-0.4, -0.2) is 25.2 Å². The van der Waals surface area contributed by atoms with E-state index in [0.717, 1.165) is 5.69 Å². The van der Waals surface area contributed by atoms with Gasteiger partial charge in [0.15, 0.2) is 0 Å². The minimum atomic E-state index is -1.25. The number of nitrogens with zero attached hydrogens (tertiary/aromatic N) is 4. The summed E-state index contributed by atoms with van der Waals surface area (Å²) in [4.78, 5) is 15.2. The van der Waals surface area contributed by atoms with Crippen LogP contribution in [0, 0.1) is 0 Å². The Morgan fingerprint density at radius 3 is 2.65 bits per heavy atom. The number of rotatable bonds is 4. The molecule has 6 heteroatoms. The van der Waals surface area contributed by atoms with Crippen molar-refractivity contribution in [1.29, 1.82) is 0 Å². The molecule has 0 heterocycles. The van der Waals surface area contributed by atoms with Crippen LogP contribution in [0.3, 0.4) is 0 Å². The second-order valence-corrected chi connectivity index (χ2v) is 3.48. The monoisotopic (exact) mass is 232 g/mol. The second kappa shape index (κ2) is 5.58. The first-order valence-electron chi connectivity index (χ1n) is 4.82. The molecule has 0 atom stereocenters. The van der Waals surface area contributed by atoms with E-state index in [2.05, 4.69) is 10.0 Å². The Balaban J connectivity index is 3.28. The Kier molecular flexibility index (Phi) is 4.14. The van der Waals surface area contributed by atoms with E-state index in [-0.39, 0.29) is 5.70 Å². The lowest BCUT2D eigenvalue weighted by atomic mass is 10.1. The van der Waals surface area contributed by atoms with Gasteiger partial charge in [-0.15, -0.1) is 0 Å². The molecule has 88 valence electrons. The molecule has 0 radical (unpaired) electrons. The molecule has 0 unspecified atom stereocenters. The molecule has 0 fully saturated rings. The van der Waals surface area contributed by atoms with Gasteiger partial charge in [0.05, 0.1) is 0 Å². The van der Waals surface area contributed by atoms with E-state index in [4.69, 9.17) is 10.6 Å². The van der Waals surface area contributed by atoms with Gasteiger partial charge in [-0.25, -0.2) is 4.79 Å². The van der Waals surface area contributed by atoms with Crippen LogP contribution in [0.25, 0.3) is 16.5 Å². The van der Waals surface area contributed by atoms with E-state index in [1.165, 1.54) is 6.08 Å². The van der Waals surface area contributed by atoms with Gasteiger partial charge in [-0.1, -0.05) is 23.3 Å². The van der Waals surface area contributed by atoms with Crippen molar-refractivity contribution in [2.24, 2.45) is 5.11 Å². The molecule has 0 spiro atoms. The maximum absolute atomic E-state index is 10.8. The summed E-state index contributed by atoms with van der Waals surface area (Å²) in [5.74, 6) is -1.25. The highest BCUT2D eigenvalue weighted by Gasteiger charge is 2.07. The molecule has 1 rings (SSSR count). The summed E-state index contributed by atoms with van der Waals surface area (Å²) in [7, 11) is 3.70. The average molecular weight is 232 g/mol. The van der Waals surface area contributed by atoms with Crippen molar-refractivity contribution in [3.63, 3.8) is 0 Å². The molecule has 0 aliphatic carbocycles. The van der Waals surface area contributed by atoms with Crippen LogP contribution in [0.15, 0.2) is 35.1 Å². The number of para-hydroxylation sites is 1. The van der Waals surface area contributed by atoms with Gasteiger partial charge in [-0.05, 0) is 23.2 Å². The van der Waals surface area contributed by atoms with Gasteiger partial charge in [0.25, 0.3) is 0 Å². The summed E-state index contributed by atoms with van der Waals surface area (Å²) < 4.78 is 0. The lowest BCUT2D eigenvalue weighted by Gasteiger charge is -2.15. The lowest BCUT2D eigenvalue weighted by molar-refractivity contribution is -0.132. The number of hydrogen-bond acceptors (Lipinski definition) is 3. The standard InChI is InChI=1S/C11H12N4O2/c1-15(2)10-6-4-3-5-8(10)7-9(11(16)17)13-14-12/h3-7H,1-2H3,(H,16,17). The maximum Gasteiger partial charge on any atom is 0.338 e. The van der Waals surface area contributed by atoms with Gasteiger partial charge in [0.2, 0.25) is 0 Å². The number of anilines is 1. The van der Waals surface area contributed by atoms with Crippen molar-refractivity contribution in [2.75, 3.05) is 19.0 Å². The third kappa shape index (κ3) is 3.25. The van der Waals surface area contributed by atoms with Crippen molar-refractivity contribution < 1.29 is 9.90 Å². The van der Waals surface area contributed by atoms with Crippen LogP contribution < -0.4 is 4.90 Å². The molecule has 1 aromatic rings. The first-order valence-corrected chi connectivity index (χ1v) is 4.82. The first-order chi connectivity index (χ1) is 8.06. The molecule has 0 aliphatic heterocycles. The van der Waals surface area contributed by atoms with E-state index >= 15 is 0 Å². The largest absolute Gasteiger partial charge is 0.478 e. The molecule has 0 aromatic heterocycles. The summed E-state index contributed by atoms with van der Waals surface area (Å²) in [5.41, 5.74) is 9.48. The van der Waals surface area contributed by atoms with E-state index in [0.29, 0.717) is 5.56 Å². The zero-order valence-electron chi connectivity index (χ0n) is 9.53. The third-order valence-electron chi connectivity index (χ3n) is 2.08. The number of carboxylic acids is 1. The van der Waals surface area contributed by atoms with Crippen LogP contribution >= 0.6 is 0 Å². The molecule has 0 saturated heterocycles. The van der Waals surface area contributed by atoms with Crippen LogP contribution in [0.1, 0.15) is 5.56 Å². The predicted molar refractivity (Wildman–Crippen MR) is 65.5 cm³/mol. The fraction of sp³-hybridized carbons (Fsp3) is 0.182. The number of hydrogen-bond donors (Lipinski definition) is 1. The maximum atomic E-state index is 10.8. The summed E-state index contributed by atoms with van der Waals surface area (Å²) in [6.45, 7) is 0. The minimum Gasteiger partial charge on any atom is -0.478 e. The highest BCUT2D eigenvalue weighted by atomic mass is 16.4. The van der Waals surface area contributed by atoms with Crippen molar-refractivity contribution in [3.8, 4) is 0 Å². The molecule has 0 saturated carbocycles. The SMILES string of the molecule is CN(C)c1ccccc1C=C(N=[N+]=[N-])C(=O)O. The smallest absolute Gasteiger partial charge is 0.338 e. The van der Waals surface area contributed by atoms with Gasteiger partial charge in [-0.2, -0.15) is 0 Å². The van der Waals surface area contributed by atoms with E-state index in [1.807, 2.05) is 31.1 Å². The normalized spacial score (nSPS) is 10.6. The van der Waals surface area contributed by atoms with Gasteiger partial charge in [0.1, 0.15) is 5.70 Å². The molecule has 17 heavy (non-hydrogen) atoms. The highest BCUT2D eigenvalue weighted by Crippen LogP contribution is 2.21. The van der Waals surface area contributed by atoms with Crippen molar-refractivity contribution in [3.05, 3.63) is 46.0 Å². The number of benzene rings is 1. The fourth-order valence-corrected chi connectivity index (χ4v) is 1.35. The summed E-state index contributed by atoms with van der Waals surface area (Å²) in [6.07, 6.45) is 1.34. The Bertz CT molecular complexity index is 498. The molecular formula is C11H12N4O2. The van der Waals surface area contributed by atoms with Gasteiger partial charge in [0, 0.05) is 24.7 Å². The molecule has 1 aromatic carbocycles. The van der Waals surface area contributed by atoms with Gasteiger partial charge in [-0.3, -0.25) is 0 Å². The zero-order valence-corrected chi connectivity index (χ0v) is 9.53. The number of carboxylic acid groups (broad SMARTS) is 1. The Morgan fingerprint density at radius 1 is 1.47 bits per heavy atom. The fourth-order valence-electron chi connectivity index (χ4n) is 1.35. The molecule has 0 amide bonds. The van der Waals surface area contributed by atoms with Crippen molar-refractivity contribution in [2.45, 2.75) is 0 Å². The third-order valence-corrected chi connectivity index (χ3v) is 2.08. The first kappa shape index (κ1) is 12.6. The quantitative estimate of drug-likeness (QED) is 0.374. The summed E-state index contributed by atoms with van der Waals surface area (Å²) >= 11 is 0. The topological polar surface area (TPSA) is 89.3 Å². The van der Waals surface area contributed by atoms with Crippen LogP contribution in [-0.2, 0) is 4.79 Å². The molecule has 1 N–H and O–H groups in total. The minimum absolute atomic E-state index is 0.332. The number of aliphatic carboxylic acids is 1. The molecular weight excluding hydrogens is 220 g/mol. The predicted octanol–water partition coefficient (Wildman–Crippen LogP) is 2.49. The Hall–Kier alpha value is -2.46. The van der Waals surface area contributed by atoms with Gasteiger partial charge < -0.3 is 10.0 Å². The summed E-state index contributed by atoms with van der Waals surface area (Å²) in [6, 6.07) is 7.24. The number of carbonyl (C=O) groups is 1. The number of azide groups is 1. The second-order valence-electron chi connectivity index (χ2n) is 3.48. The van der Waals surface area contributed by atoms with Gasteiger partial charge >= 0.3 is 5.97 Å². The summed E-state index contributed by atoms with van der Waals surface area (Å²) in [5, 5.41) is 12.0. The van der Waals surface area contributed by atoms with E-state index < -0.39 is 5.97 Å². The molecule has 6 nitrogen and oxygen atoms in total. The van der Waals surface area contributed by atoms with E-state index in [9.17, 15) is 4.79 Å². The molecule has 0 aliphatic rings. The molecule has 0 bridgehead atoms. The van der Waals surface area contributed by atoms with Crippen molar-refractivity contribution >= 4 is 17.7 Å². The van der Waals surface area contributed by atoms with Crippen LogP contribution in [0.2, 0.25) is 0 Å². The Labute approximate surface area is 98.4 Å². The lowest BCUT2D eigenvalue weighted by Crippen LogP contribution is -2.10. The zero-order chi connectivity index (χ0) is 12.8.